The van der Waals surface area contributed by atoms with Crippen LogP contribution in [0.4, 0.5) is 0 Å². The zero-order valence-corrected chi connectivity index (χ0v) is 17.5. The molecular weight excluding hydrogens is 432 g/mol. The Morgan fingerprint density at radius 1 is 1.22 bits per heavy atom. The molecule has 0 fully saturated rings. The largest absolute Gasteiger partial charge is 0.495 e. The molecule has 0 atom stereocenters. The minimum Gasteiger partial charge on any atom is -0.495 e. The van der Waals surface area contributed by atoms with Gasteiger partial charge in [0.25, 0.3) is 5.91 Å². The Morgan fingerprint density at radius 2 is 1.89 bits per heavy atom. The first-order valence-electron chi connectivity index (χ1n) is 8.05. The highest BCUT2D eigenvalue weighted by molar-refractivity contribution is 9.11. The van der Waals surface area contributed by atoms with Crippen molar-refractivity contribution in [2.24, 2.45) is 0 Å². The van der Waals surface area contributed by atoms with Crippen LogP contribution < -0.4 is 10.1 Å². The van der Waals surface area contributed by atoms with Gasteiger partial charge >= 0.3 is 0 Å². The molecule has 6 nitrogen and oxygen atoms in total. The van der Waals surface area contributed by atoms with Gasteiger partial charge in [-0.2, -0.15) is 4.31 Å². The second kappa shape index (κ2) is 9.16. The van der Waals surface area contributed by atoms with Crippen molar-refractivity contribution in [3.05, 3.63) is 70.7 Å². The number of sulfonamides is 1. The van der Waals surface area contributed by atoms with Gasteiger partial charge in [-0.05, 0) is 23.8 Å². The van der Waals surface area contributed by atoms with Gasteiger partial charge in [-0.15, -0.1) is 0 Å². The van der Waals surface area contributed by atoms with Crippen LogP contribution in [0.1, 0.15) is 15.9 Å². The van der Waals surface area contributed by atoms with Crippen LogP contribution in [0.3, 0.4) is 0 Å². The number of hydrogen-bond donors (Lipinski definition) is 1. The lowest BCUT2D eigenvalue weighted by molar-refractivity contribution is 0.0957. The molecule has 8 heteroatoms. The van der Waals surface area contributed by atoms with Crippen LogP contribution in [0.5, 0.6) is 5.75 Å². The predicted octanol–water partition coefficient (Wildman–Crippen LogP) is 3.15. The first-order valence-corrected chi connectivity index (χ1v) is 10.3. The molecular formula is C19H21BrN2O4S. The Bertz CT molecular complexity index is 930. The fraction of sp³-hybridized carbons (Fsp3) is 0.211. The lowest BCUT2D eigenvalue weighted by Crippen LogP contribution is -2.28. The van der Waals surface area contributed by atoms with E-state index in [-0.39, 0.29) is 29.3 Å². The van der Waals surface area contributed by atoms with Gasteiger partial charge in [0.2, 0.25) is 10.0 Å². The lowest BCUT2D eigenvalue weighted by atomic mass is 10.2. The Morgan fingerprint density at radius 3 is 2.48 bits per heavy atom. The Balaban J connectivity index is 2.34. The third-order valence-corrected chi connectivity index (χ3v) is 5.91. The minimum atomic E-state index is -3.87. The summed E-state index contributed by atoms with van der Waals surface area (Å²) in [4.78, 5) is 12.2. The highest BCUT2D eigenvalue weighted by Gasteiger charge is 2.26. The molecule has 0 aromatic heterocycles. The summed E-state index contributed by atoms with van der Waals surface area (Å²) in [6, 6.07) is 13.6. The normalized spacial score (nSPS) is 11.3. The Labute approximate surface area is 168 Å². The summed E-state index contributed by atoms with van der Waals surface area (Å²) in [6.07, 6.45) is 0. The van der Waals surface area contributed by atoms with Crippen LogP contribution in [0.25, 0.3) is 0 Å². The first kappa shape index (κ1) is 21.1. The van der Waals surface area contributed by atoms with E-state index in [2.05, 4.69) is 27.8 Å². The molecule has 0 saturated carbocycles. The number of benzene rings is 2. The summed E-state index contributed by atoms with van der Waals surface area (Å²) in [6.45, 7) is 4.08. The van der Waals surface area contributed by atoms with E-state index in [0.717, 1.165) is 5.56 Å². The van der Waals surface area contributed by atoms with Gasteiger partial charge in [0.15, 0.2) is 0 Å². The number of nitrogens with zero attached hydrogens (tertiary/aromatic N) is 1. The number of hydrogen-bond acceptors (Lipinski definition) is 4. The van der Waals surface area contributed by atoms with Crippen molar-refractivity contribution in [2.45, 2.75) is 11.4 Å². The van der Waals surface area contributed by atoms with Crippen molar-refractivity contribution in [1.82, 2.24) is 9.62 Å². The molecule has 27 heavy (non-hydrogen) atoms. The van der Waals surface area contributed by atoms with Gasteiger partial charge in [-0.1, -0.05) is 52.8 Å². The van der Waals surface area contributed by atoms with Gasteiger partial charge in [-0.3, -0.25) is 4.79 Å². The lowest BCUT2D eigenvalue weighted by Gasteiger charge is -2.19. The van der Waals surface area contributed by atoms with E-state index in [0.29, 0.717) is 4.48 Å². The molecule has 144 valence electrons. The number of amides is 1. The number of rotatable bonds is 8. The topological polar surface area (TPSA) is 75.7 Å². The molecule has 0 radical (unpaired) electrons. The van der Waals surface area contributed by atoms with Crippen LogP contribution in [0, 0.1) is 0 Å². The smallest absolute Gasteiger partial charge is 0.251 e. The second-order valence-corrected chi connectivity index (χ2v) is 8.95. The molecule has 2 rings (SSSR count). The number of carbonyl (C=O) groups excluding carboxylic acids is 1. The molecule has 0 heterocycles. The highest BCUT2D eigenvalue weighted by atomic mass is 79.9. The molecule has 2 aromatic carbocycles. The van der Waals surface area contributed by atoms with E-state index >= 15 is 0 Å². The number of ether oxygens (including phenoxy) is 1. The van der Waals surface area contributed by atoms with Crippen molar-refractivity contribution < 1.29 is 17.9 Å². The van der Waals surface area contributed by atoms with Crippen LogP contribution in [0.15, 0.2) is 64.5 Å². The maximum absolute atomic E-state index is 13.0. The molecule has 1 N–H and O–H groups in total. The molecule has 0 saturated heterocycles. The van der Waals surface area contributed by atoms with E-state index in [9.17, 15) is 13.2 Å². The summed E-state index contributed by atoms with van der Waals surface area (Å²) in [5.41, 5.74) is 1.07. The quantitative estimate of drug-likeness (QED) is 0.667. The van der Waals surface area contributed by atoms with Crippen molar-refractivity contribution in [3.63, 3.8) is 0 Å². The van der Waals surface area contributed by atoms with E-state index < -0.39 is 15.9 Å². The van der Waals surface area contributed by atoms with E-state index in [1.165, 1.54) is 36.7 Å². The third-order valence-electron chi connectivity index (χ3n) is 3.80. The van der Waals surface area contributed by atoms with E-state index in [1.807, 2.05) is 30.3 Å². The third kappa shape index (κ3) is 5.41. The van der Waals surface area contributed by atoms with Gasteiger partial charge < -0.3 is 10.1 Å². The average Bonchev–Trinajstić information content (AvgIpc) is 2.66. The Kier molecular flexibility index (Phi) is 7.18. The maximum Gasteiger partial charge on any atom is 0.251 e. The van der Waals surface area contributed by atoms with Crippen molar-refractivity contribution in [3.8, 4) is 5.75 Å². The average molecular weight is 453 g/mol. The van der Waals surface area contributed by atoms with Gasteiger partial charge in [0, 0.05) is 30.2 Å². The minimum absolute atomic E-state index is 0.0613. The molecule has 0 spiro atoms. The Hall–Kier alpha value is -2.16. The van der Waals surface area contributed by atoms with Crippen LogP contribution in [-0.2, 0) is 16.6 Å². The summed E-state index contributed by atoms with van der Waals surface area (Å²) < 4.78 is 33.1. The second-order valence-electron chi connectivity index (χ2n) is 5.81. The molecule has 1 amide bonds. The highest BCUT2D eigenvalue weighted by Crippen LogP contribution is 2.28. The van der Waals surface area contributed by atoms with Gasteiger partial charge in [0.1, 0.15) is 10.6 Å². The molecule has 0 unspecified atom stereocenters. The zero-order valence-electron chi connectivity index (χ0n) is 15.1. The van der Waals surface area contributed by atoms with Crippen LogP contribution in [0.2, 0.25) is 0 Å². The van der Waals surface area contributed by atoms with E-state index in [1.54, 1.807) is 0 Å². The monoisotopic (exact) mass is 452 g/mol. The molecule has 2 aromatic rings. The fourth-order valence-corrected chi connectivity index (χ4v) is 3.87. The van der Waals surface area contributed by atoms with Crippen molar-refractivity contribution in [2.75, 3.05) is 20.7 Å². The number of halogens is 1. The van der Waals surface area contributed by atoms with Gasteiger partial charge in [-0.25, -0.2) is 8.42 Å². The molecule has 0 bridgehead atoms. The standard InChI is InChI=1S/C19H21BrN2O4S/c1-14(20)12-21-19(23)16-9-10-17(26-3)18(11-16)27(24,25)22(2)13-15-7-5-4-6-8-15/h4-11H,1,12-13H2,2-3H3,(H,21,23). The molecule has 0 aliphatic carbocycles. The summed E-state index contributed by atoms with van der Waals surface area (Å²) >= 11 is 3.16. The van der Waals surface area contributed by atoms with Crippen LogP contribution >= 0.6 is 15.9 Å². The van der Waals surface area contributed by atoms with Crippen molar-refractivity contribution >= 4 is 31.9 Å². The predicted molar refractivity (Wildman–Crippen MR) is 108 cm³/mol. The summed E-state index contributed by atoms with van der Waals surface area (Å²) in [5.74, 6) is -0.225. The van der Waals surface area contributed by atoms with E-state index in [4.69, 9.17) is 4.74 Å². The van der Waals surface area contributed by atoms with Crippen LogP contribution in [-0.4, -0.2) is 39.3 Å². The fourth-order valence-electron chi connectivity index (χ4n) is 2.39. The number of carbonyl (C=O) groups is 1. The molecule has 0 aliphatic rings. The molecule has 0 aliphatic heterocycles. The summed E-state index contributed by atoms with van der Waals surface area (Å²) in [5, 5.41) is 2.65. The van der Waals surface area contributed by atoms with Crippen molar-refractivity contribution in [1.29, 1.82) is 0 Å². The SMILES string of the molecule is C=C(Br)CNC(=O)c1ccc(OC)c(S(=O)(=O)N(C)Cc2ccccc2)c1. The zero-order chi connectivity index (χ0) is 20.0. The van der Waals surface area contributed by atoms with Gasteiger partial charge in [0.05, 0.1) is 7.11 Å². The maximum atomic E-state index is 13.0. The first-order chi connectivity index (χ1) is 12.8. The number of nitrogens with one attached hydrogen (secondary N) is 1. The number of methoxy groups -OCH3 is 1. The summed E-state index contributed by atoms with van der Waals surface area (Å²) in [7, 11) is -0.987.